The second-order valence-corrected chi connectivity index (χ2v) is 5.62. The lowest BCUT2D eigenvalue weighted by molar-refractivity contribution is 0.507. The number of allylic oxidation sites excluding steroid dienone is 2. The van der Waals surface area contributed by atoms with Gasteiger partial charge in [-0.3, -0.25) is 0 Å². The van der Waals surface area contributed by atoms with Crippen LogP contribution in [-0.4, -0.2) is 10.5 Å². The van der Waals surface area contributed by atoms with E-state index in [1.807, 2.05) is 13.8 Å². The normalized spacial score (nSPS) is 17.5. The van der Waals surface area contributed by atoms with Gasteiger partial charge in [0.25, 0.3) is 0 Å². The highest BCUT2D eigenvalue weighted by Crippen LogP contribution is 2.31. The fraction of sp³-hybridized carbons (Fsp3) is 0.357. The molecule has 1 aliphatic rings. The first-order valence-electron chi connectivity index (χ1n) is 5.96. The Labute approximate surface area is 120 Å². The number of halogens is 4. The molecule has 0 fully saturated rings. The van der Waals surface area contributed by atoms with E-state index in [4.69, 9.17) is 23.2 Å². The molecule has 1 nitrogen and oxygen atoms in total. The van der Waals surface area contributed by atoms with Crippen molar-refractivity contribution < 1.29 is 8.78 Å². The van der Waals surface area contributed by atoms with Gasteiger partial charge in [-0.2, -0.15) is 0 Å². The molecule has 1 unspecified atom stereocenters. The van der Waals surface area contributed by atoms with Gasteiger partial charge in [0, 0.05) is 11.6 Å². The van der Waals surface area contributed by atoms with E-state index in [0.29, 0.717) is 24.1 Å². The summed E-state index contributed by atoms with van der Waals surface area (Å²) in [7, 11) is 0. The minimum atomic E-state index is -0.922. The molecule has 0 radical (unpaired) electrons. The summed E-state index contributed by atoms with van der Waals surface area (Å²) in [6.07, 6.45) is 1.27. The number of aryl methyl sites for hydroxylation is 1. The third kappa shape index (κ3) is 2.98. The van der Waals surface area contributed by atoms with Gasteiger partial charge in [-0.15, -0.1) is 11.6 Å². The van der Waals surface area contributed by atoms with Gasteiger partial charge < -0.3 is 0 Å². The maximum atomic E-state index is 13.3. The van der Waals surface area contributed by atoms with Crippen molar-refractivity contribution in [1.82, 2.24) is 0 Å². The lowest BCUT2D eigenvalue weighted by Gasteiger charge is -2.17. The molecule has 1 aliphatic heterocycles. The summed E-state index contributed by atoms with van der Waals surface area (Å²) in [5.74, 6) is -1.79. The zero-order chi connectivity index (χ0) is 14.2. The van der Waals surface area contributed by atoms with E-state index in [1.54, 1.807) is 0 Å². The molecule has 0 N–H and O–H groups in total. The van der Waals surface area contributed by atoms with Crippen LogP contribution in [0.1, 0.15) is 25.8 Å². The molecule has 0 bridgehead atoms. The largest absolute Gasteiger partial charge is 0.236 e. The number of nitrogens with zero attached hydrogens (tertiary/aromatic N) is 1. The smallest absolute Gasteiger partial charge is 0.160 e. The monoisotopic (exact) mass is 303 g/mol. The van der Waals surface area contributed by atoms with Gasteiger partial charge in [0.15, 0.2) is 11.6 Å². The SMILES string of the molecule is CC1=C(C(C)Cl)C(Cl)=Nc2cc(F)c(F)cc2CC1. The molecule has 0 saturated carbocycles. The van der Waals surface area contributed by atoms with E-state index in [0.717, 1.165) is 17.2 Å². The molecule has 5 heteroatoms. The highest BCUT2D eigenvalue weighted by molar-refractivity contribution is 6.70. The molecule has 102 valence electrons. The van der Waals surface area contributed by atoms with E-state index >= 15 is 0 Å². The zero-order valence-corrected chi connectivity index (χ0v) is 12.1. The Morgan fingerprint density at radius 2 is 1.84 bits per heavy atom. The van der Waals surface area contributed by atoms with E-state index in [-0.39, 0.29) is 10.5 Å². The van der Waals surface area contributed by atoms with E-state index < -0.39 is 11.6 Å². The maximum Gasteiger partial charge on any atom is 0.160 e. The maximum absolute atomic E-state index is 13.3. The predicted octanol–water partition coefficient (Wildman–Crippen LogP) is 5.12. The van der Waals surface area contributed by atoms with Crippen LogP contribution in [0.15, 0.2) is 28.3 Å². The van der Waals surface area contributed by atoms with Crippen LogP contribution in [-0.2, 0) is 6.42 Å². The van der Waals surface area contributed by atoms with E-state index in [2.05, 4.69) is 4.99 Å². The fourth-order valence-corrected chi connectivity index (χ4v) is 2.95. The van der Waals surface area contributed by atoms with Gasteiger partial charge >= 0.3 is 0 Å². The standard InChI is InChI=1S/C14H13Cl2F2N/c1-7-3-4-9-5-10(17)11(18)6-12(9)19-14(16)13(7)8(2)15/h5-6,8H,3-4H2,1-2H3. The number of rotatable bonds is 1. The van der Waals surface area contributed by atoms with Crippen LogP contribution in [0, 0.1) is 11.6 Å². The molecular weight excluding hydrogens is 291 g/mol. The van der Waals surface area contributed by atoms with E-state index in [1.165, 1.54) is 6.07 Å². The summed E-state index contributed by atoms with van der Waals surface area (Å²) in [4.78, 5) is 4.19. The molecule has 0 aromatic heterocycles. The van der Waals surface area contributed by atoms with Crippen LogP contribution in [0.3, 0.4) is 0 Å². The van der Waals surface area contributed by atoms with Crippen molar-refractivity contribution in [3.05, 3.63) is 40.5 Å². The number of alkyl halides is 1. The molecule has 1 atom stereocenters. The van der Waals surface area contributed by atoms with Crippen molar-refractivity contribution in [1.29, 1.82) is 0 Å². The fourth-order valence-electron chi connectivity index (χ4n) is 2.18. The Kier molecular flexibility index (Phi) is 4.26. The Morgan fingerprint density at radius 3 is 2.47 bits per heavy atom. The van der Waals surface area contributed by atoms with Crippen LogP contribution in [0.4, 0.5) is 14.5 Å². The van der Waals surface area contributed by atoms with Crippen LogP contribution in [0.25, 0.3) is 0 Å². The lowest BCUT2D eigenvalue weighted by Crippen LogP contribution is -2.10. The summed E-state index contributed by atoms with van der Waals surface area (Å²) < 4.78 is 26.5. The molecule has 1 heterocycles. The molecule has 0 amide bonds. The van der Waals surface area contributed by atoms with Crippen molar-refractivity contribution in [3.63, 3.8) is 0 Å². The number of hydrogen-bond acceptors (Lipinski definition) is 1. The number of benzene rings is 1. The van der Waals surface area contributed by atoms with Gasteiger partial charge in [-0.25, -0.2) is 13.8 Å². The number of hydrogen-bond donors (Lipinski definition) is 0. The van der Waals surface area contributed by atoms with Crippen molar-refractivity contribution in [2.24, 2.45) is 4.99 Å². The molecule has 19 heavy (non-hydrogen) atoms. The van der Waals surface area contributed by atoms with Crippen molar-refractivity contribution in [2.45, 2.75) is 32.1 Å². The molecule has 0 saturated heterocycles. The number of fused-ring (bicyclic) bond motifs is 1. The lowest BCUT2D eigenvalue weighted by atomic mass is 9.97. The Balaban J connectivity index is 2.58. The van der Waals surface area contributed by atoms with Gasteiger partial charge in [0.05, 0.1) is 11.1 Å². The third-order valence-electron chi connectivity index (χ3n) is 3.19. The molecule has 1 aromatic carbocycles. The average Bonchev–Trinajstić information content (AvgIpc) is 2.30. The first kappa shape index (κ1) is 14.5. The summed E-state index contributed by atoms with van der Waals surface area (Å²) in [5, 5.41) is -0.0324. The highest BCUT2D eigenvalue weighted by atomic mass is 35.5. The first-order chi connectivity index (χ1) is 8.90. The van der Waals surface area contributed by atoms with Crippen molar-refractivity contribution in [3.8, 4) is 0 Å². The molecule has 2 rings (SSSR count). The predicted molar refractivity (Wildman–Crippen MR) is 75.6 cm³/mol. The first-order valence-corrected chi connectivity index (χ1v) is 6.77. The summed E-state index contributed by atoms with van der Waals surface area (Å²) in [6.45, 7) is 3.74. The van der Waals surface area contributed by atoms with Crippen molar-refractivity contribution >= 4 is 34.1 Å². The topological polar surface area (TPSA) is 12.4 Å². The minimum absolute atomic E-state index is 0.243. The summed E-state index contributed by atoms with van der Waals surface area (Å²) >= 11 is 12.3. The molecular formula is C14H13Cl2F2N. The number of aliphatic imine (C=N–C) groups is 1. The van der Waals surface area contributed by atoms with Crippen LogP contribution < -0.4 is 0 Å². The molecule has 1 aromatic rings. The van der Waals surface area contributed by atoms with Gasteiger partial charge in [0.2, 0.25) is 0 Å². The molecule has 0 spiro atoms. The zero-order valence-electron chi connectivity index (χ0n) is 10.6. The van der Waals surface area contributed by atoms with E-state index in [9.17, 15) is 8.78 Å². The van der Waals surface area contributed by atoms with Crippen LogP contribution >= 0.6 is 23.2 Å². The third-order valence-corrected chi connectivity index (χ3v) is 3.70. The quantitative estimate of drug-likeness (QED) is 0.638. The Morgan fingerprint density at radius 1 is 1.21 bits per heavy atom. The van der Waals surface area contributed by atoms with Gasteiger partial charge in [-0.05, 0) is 38.3 Å². The average molecular weight is 304 g/mol. The van der Waals surface area contributed by atoms with Gasteiger partial charge in [0.1, 0.15) is 5.17 Å². The van der Waals surface area contributed by atoms with Crippen LogP contribution in [0.5, 0.6) is 0 Å². The molecule has 0 aliphatic carbocycles. The van der Waals surface area contributed by atoms with Gasteiger partial charge in [-0.1, -0.05) is 17.2 Å². The summed E-state index contributed by atoms with van der Waals surface area (Å²) in [6, 6.07) is 2.25. The highest BCUT2D eigenvalue weighted by Gasteiger charge is 2.19. The Hall–Kier alpha value is -0.930. The second-order valence-electron chi connectivity index (χ2n) is 4.61. The van der Waals surface area contributed by atoms with Crippen molar-refractivity contribution in [2.75, 3.05) is 0 Å². The van der Waals surface area contributed by atoms with Crippen LogP contribution in [0.2, 0.25) is 0 Å². The summed E-state index contributed by atoms with van der Waals surface area (Å²) in [5.41, 5.74) is 2.80. The minimum Gasteiger partial charge on any atom is -0.236 e. The second kappa shape index (κ2) is 5.59. The Bertz CT molecular complexity index is 577.